The van der Waals surface area contributed by atoms with E-state index in [4.69, 9.17) is 9.47 Å². The Bertz CT molecular complexity index is 399. The largest absolute Gasteiger partial charge is 0.493 e. The molecule has 0 N–H and O–H groups in total. The molecule has 0 unspecified atom stereocenters. The summed E-state index contributed by atoms with van der Waals surface area (Å²) < 4.78 is 24.0. The second-order valence-electron chi connectivity index (χ2n) is 3.71. The van der Waals surface area contributed by atoms with Crippen molar-refractivity contribution in [3.63, 3.8) is 0 Å². The van der Waals surface area contributed by atoms with Crippen LogP contribution in [-0.2, 0) is 0 Å². The summed E-state index contributed by atoms with van der Waals surface area (Å²) >= 11 is 0. The lowest BCUT2D eigenvalue weighted by Crippen LogP contribution is -2.09. The van der Waals surface area contributed by atoms with Crippen molar-refractivity contribution < 1.29 is 18.7 Å². The van der Waals surface area contributed by atoms with E-state index in [0.29, 0.717) is 0 Å². The summed E-state index contributed by atoms with van der Waals surface area (Å²) in [5.74, 6) is -0.520. The molecule has 1 aromatic rings. The summed E-state index contributed by atoms with van der Waals surface area (Å²) in [5.41, 5.74) is 0.269. The van der Waals surface area contributed by atoms with Crippen molar-refractivity contribution in [3.8, 4) is 11.5 Å². The number of hydrogen-bond acceptors (Lipinski definition) is 3. The van der Waals surface area contributed by atoms with E-state index < -0.39 is 5.82 Å². The summed E-state index contributed by atoms with van der Waals surface area (Å²) in [6, 6.07) is 2.63. The molecular weight excluding hydrogens is 211 g/mol. The first-order valence-corrected chi connectivity index (χ1v) is 5.00. The molecule has 0 fully saturated rings. The van der Waals surface area contributed by atoms with Gasteiger partial charge in [0.05, 0.1) is 13.2 Å². The maximum absolute atomic E-state index is 13.7. The molecule has 0 atom stereocenters. The highest BCUT2D eigenvalue weighted by molar-refractivity contribution is 5.94. The minimum Gasteiger partial charge on any atom is -0.493 e. The average molecular weight is 226 g/mol. The molecule has 0 aliphatic carbocycles. The van der Waals surface area contributed by atoms with E-state index in [1.54, 1.807) is 13.8 Å². The molecule has 4 heteroatoms. The van der Waals surface area contributed by atoms with Gasteiger partial charge in [-0.3, -0.25) is 4.79 Å². The van der Waals surface area contributed by atoms with Gasteiger partial charge in [0.25, 0.3) is 0 Å². The van der Waals surface area contributed by atoms with E-state index in [9.17, 15) is 9.18 Å². The monoisotopic (exact) mass is 226 g/mol. The lowest BCUT2D eigenvalue weighted by Gasteiger charge is -2.14. The molecule has 3 nitrogen and oxygen atoms in total. The summed E-state index contributed by atoms with van der Waals surface area (Å²) in [6.45, 7) is 4.95. The predicted molar refractivity (Wildman–Crippen MR) is 58.7 cm³/mol. The van der Waals surface area contributed by atoms with Gasteiger partial charge in [0, 0.05) is 5.56 Å². The number of hydrogen-bond donors (Lipinski definition) is 0. The fraction of sp³-hybridized carbons (Fsp3) is 0.417. The molecule has 1 aromatic carbocycles. The zero-order valence-electron chi connectivity index (χ0n) is 9.83. The van der Waals surface area contributed by atoms with E-state index in [1.807, 2.05) is 0 Å². The first-order chi connectivity index (χ1) is 7.45. The van der Waals surface area contributed by atoms with Crippen molar-refractivity contribution in [1.82, 2.24) is 0 Å². The van der Waals surface area contributed by atoms with E-state index in [2.05, 4.69) is 0 Å². The lowest BCUT2D eigenvalue weighted by atomic mass is 10.1. The maximum atomic E-state index is 13.7. The predicted octanol–water partition coefficient (Wildman–Crippen LogP) is 2.82. The molecule has 88 valence electrons. The van der Waals surface area contributed by atoms with Crippen molar-refractivity contribution in [3.05, 3.63) is 23.5 Å². The number of carbonyl (C=O) groups is 1. The molecular formula is C12H15FO3. The van der Waals surface area contributed by atoms with Gasteiger partial charge in [-0.25, -0.2) is 4.39 Å². The Morgan fingerprint density at radius 2 is 2.00 bits per heavy atom. The van der Waals surface area contributed by atoms with Gasteiger partial charge >= 0.3 is 0 Å². The molecule has 0 aliphatic rings. The molecule has 0 aliphatic heterocycles. The third-order valence-electron chi connectivity index (χ3n) is 1.99. The number of carbonyl (C=O) groups excluding carboxylic acids is 1. The minimum atomic E-state index is -0.585. The van der Waals surface area contributed by atoms with Gasteiger partial charge in [-0.05, 0) is 32.9 Å². The van der Waals surface area contributed by atoms with Crippen LogP contribution in [0.1, 0.15) is 31.1 Å². The van der Waals surface area contributed by atoms with E-state index in [0.717, 1.165) is 6.07 Å². The summed E-state index contributed by atoms with van der Waals surface area (Å²) in [7, 11) is 1.41. The SMILES string of the molecule is COc1cc(C(C)=O)cc(F)c1OC(C)C. The fourth-order valence-corrected chi connectivity index (χ4v) is 1.27. The molecule has 1 rings (SSSR count). The highest BCUT2D eigenvalue weighted by Crippen LogP contribution is 2.32. The van der Waals surface area contributed by atoms with Crippen LogP contribution in [0.5, 0.6) is 11.5 Å². The summed E-state index contributed by atoms with van der Waals surface area (Å²) in [6.07, 6.45) is -0.161. The molecule has 0 heterocycles. The van der Waals surface area contributed by atoms with Crippen molar-refractivity contribution in [2.45, 2.75) is 26.9 Å². The Hall–Kier alpha value is -1.58. The normalized spacial score (nSPS) is 10.4. The minimum absolute atomic E-state index is 0.0440. The first kappa shape index (κ1) is 12.5. The van der Waals surface area contributed by atoms with Crippen LogP contribution in [0.15, 0.2) is 12.1 Å². The van der Waals surface area contributed by atoms with Crippen molar-refractivity contribution in [2.75, 3.05) is 7.11 Å². The van der Waals surface area contributed by atoms with Crippen LogP contribution >= 0.6 is 0 Å². The molecule has 0 spiro atoms. The van der Waals surface area contributed by atoms with Gasteiger partial charge in [0.1, 0.15) is 0 Å². The topological polar surface area (TPSA) is 35.5 Å². The number of benzene rings is 1. The number of Topliss-reactive ketones (excluding diaryl/α,β-unsaturated/α-hetero) is 1. The Kier molecular flexibility index (Phi) is 3.88. The van der Waals surface area contributed by atoms with Gasteiger partial charge in [0.15, 0.2) is 23.1 Å². The van der Waals surface area contributed by atoms with Crippen molar-refractivity contribution in [1.29, 1.82) is 0 Å². The van der Waals surface area contributed by atoms with Gasteiger partial charge in [-0.15, -0.1) is 0 Å². The van der Waals surface area contributed by atoms with Crippen LogP contribution < -0.4 is 9.47 Å². The second-order valence-corrected chi connectivity index (χ2v) is 3.71. The van der Waals surface area contributed by atoms with Crippen LogP contribution in [0.25, 0.3) is 0 Å². The standard InChI is InChI=1S/C12H15FO3/c1-7(2)16-12-10(13)5-9(8(3)14)6-11(12)15-4/h5-7H,1-4H3. The highest BCUT2D eigenvalue weighted by Gasteiger charge is 2.16. The smallest absolute Gasteiger partial charge is 0.197 e. The molecule has 0 saturated carbocycles. The van der Waals surface area contributed by atoms with Gasteiger partial charge in [-0.2, -0.15) is 0 Å². The van der Waals surface area contributed by atoms with E-state index in [1.165, 1.54) is 20.1 Å². The van der Waals surface area contributed by atoms with Crippen LogP contribution in [0.2, 0.25) is 0 Å². The number of ketones is 1. The number of ether oxygens (including phenoxy) is 2. The molecule has 16 heavy (non-hydrogen) atoms. The van der Waals surface area contributed by atoms with Crippen LogP contribution in [0.4, 0.5) is 4.39 Å². The number of halogens is 1. The Balaban J connectivity index is 3.23. The maximum Gasteiger partial charge on any atom is 0.197 e. The lowest BCUT2D eigenvalue weighted by molar-refractivity contribution is 0.101. The first-order valence-electron chi connectivity index (χ1n) is 5.00. The molecule has 0 saturated heterocycles. The molecule has 0 radical (unpaired) electrons. The zero-order valence-corrected chi connectivity index (χ0v) is 9.83. The Labute approximate surface area is 94.2 Å². The molecule has 0 amide bonds. The second kappa shape index (κ2) is 4.96. The van der Waals surface area contributed by atoms with Crippen LogP contribution in [-0.4, -0.2) is 19.0 Å². The van der Waals surface area contributed by atoms with Crippen LogP contribution in [0, 0.1) is 5.82 Å². The number of rotatable bonds is 4. The fourth-order valence-electron chi connectivity index (χ4n) is 1.27. The third-order valence-corrected chi connectivity index (χ3v) is 1.99. The van der Waals surface area contributed by atoms with E-state index >= 15 is 0 Å². The third kappa shape index (κ3) is 2.72. The zero-order chi connectivity index (χ0) is 12.3. The molecule has 0 bridgehead atoms. The Morgan fingerprint density at radius 3 is 2.44 bits per heavy atom. The summed E-state index contributed by atoms with van der Waals surface area (Å²) in [5, 5.41) is 0. The highest BCUT2D eigenvalue weighted by atomic mass is 19.1. The van der Waals surface area contributed by atoms with E-state index in [-0.39, 0.29) is 28.9 Å². The van der Waals surface area contributed by atoms with Crippen molar-refractivity contribution in [2.24, 2.45) is 0 Å². The summed E-state index contributed by atoms with van der Waals surface area (Å²) in [4.78, 5) is 11.1. The van der Waals surface area contributed by atoms with Gasteiger partial charge < -0.3 is 9.47 Å². The number of methoxy groups -OCH3 is 1. The average Bonchev–Trinajstić information content (AvgIpc) is 2.19. The van der Waals surface area contributed by atoms with Gasteiger partial charge in [-0.1, -0.05) is 0 Å². The Morgan fingerprint density at radius 1 is 1.38 bits per heavy atom. The van der Waals surface area contributed by atoms with Crippen molar-refractivity contribution >= 4 is 5.78 Å². The quantitative estimate of drug-likeness (QED) is 0.740. The van der Waals surface area contributed by atoms with Crippen LogP contribution in [0.3, 0.4) is 0 Å². The van der Waals surface area contributed by atoms with Gasteiger partial charge in [0.2, 0.25) is 0 Å². The molecule has 0 aromatic heterocycles.